The van der Waals surface area contributed by atoms with Gasteiger partial charge >= 0.3 is 0 Å². The molecule has 0 amide bonds. The number of nitrogen functional groups attached to an aromatic ring is 1. The van der Waals surface area contributed by atoms with Gasteiger partial charge in [-0.1, -0.05) is 5.16 Å². The van der Waals surface area contributed by atoms with Crippen LogP contribution in [0.2, 0.25) is 0 Å². The lowest BCUT2D eigenvalue weighted by Crippen LogP contribution is -2.28. The smallest absolute Gasteiger partial charge is 0.260 e. The first kappa shape index (κ1) is 13.4. The zero-order chi connectivity index (χ0) is 13.7. The van der Waals surface area contributed by atoms with Crippen LogP contribution in [0.3, 0.4) is 0 Å². The Morgan fingerprint density at radius 3 is 2.89 bits per heavy atom. The van der Waals surface area contributed by atoms with Gasteiger partial charge in [0.05, 0.1) is 5.69 Å². The molecular weight excluding hydrogens is 272 g/mol. The molecule has 2 aromatic heterocycles. The van der Waals surface area contributed by atoms with Gasteiger partial charge < -0.3 is 9.95 Å². The number of nitrogens with one attached hydrogen (secondary N) is 2. The van der Waals surface area contributed by atoms with Gasteiger partial charge in [0.25, 0.3) is 10.0 Å². The summed E-state index contributed by atoms with van der Waals surface area (Å²) in [4.78, 5) is 7.58. The molecule has 0 spiro atoms. The average Bonchev–Trinajstić information content (AvgIpc) is 2.91. The number of aromatic nitrogens is 3. The van der Waals surface area contributed by atoms with Crippen LogP contribution in [0, 0.1) is 0 Å². The number of sulfonamides is 1. The van der Waals surface area contributed by atoms with Crippen molar-refractivity contribution in [2.75, 3.05) is 12.0 Å². The number of anilines is 1. The number of hydrogen-bond donors (Lipinski definition) is 3. The van der Waals surface area contributed by atoms with Crippen molar-refractivity contribution >= 4 is 15.7 Å². The van der Waals surface area contributed by atoms with Crippen molar-refractivity contribution in [3.8, 4) is 0 Å². The van der Waals surface area contributed by atoms with E-state index in [2.05, 4.69) is 29.8 Å². The first-order valence-electron chi connectivity index (χ1n) is 5.30. The highest BCUT2D eigenvalue weighted by Gasteiger charge is 2.19. The summed E-state index contributed by atoms with van der Waals surface area (Å²) in [5.74, 6) is 5.66. The van der Waals surface area contributed by atoms with E-state index in [-0.39, 0.29) is 17.3 Å². The Morgan fingerprint density at radius 2 is 2.21 bits per heavy atom. The fraction of sp³-hybridized carbons (Fsp3) is 0.222. The van der Waals surface area contributed by atoms with Crippen LogP contribution in [0.15, 0.2) is 34.3 Å². The van der Waals surface area contributed by atoms with E-state index in [9.17, 15) is 8.42 Å². The molecule has 0 aromatic carbocycles. The van der Waals surface area contributed by atoms with Crippen molar-refractivity contribution in [2.45, 2.75) is 11.4 Å². The first-order chi connectivity index (χ1) is 9.13. The van der Waals surface area contributed by atoms with Crippen LogP contribution in [0.1, 0.15) is 5.82 Å². The van der Waals surface area contributed by atoms with Gasteiger partial charge in [0.15, 0.2) is 10.9 Å². The van der Waals surface area contributed by atoms with E-state index in [0.29, 0.717) is 12.2 Å². The summed E-state index contributed by atoms with van der Waals surface area (Å²) in [5.41, 5.74) is 2.50. The molecule has 0 bridgehead atoms. The predicted octanol–water partition coefficient (Wildman–Crippen LogP) is -0.729. The summed E-state index contributed by atoms with van der Waals surface area (Å²) < 4.78 is 30.9. The third-order valence-corrected chi connectivity index (χ3v) is 3.65. The number of hydrogen-bond acceptors (Lipinski definition) is 8. The quantitative estimate of drug-likeness (QED) is 0.466. The van der Waals surface area contributed by atoms with Crippen molar-refractivity contribution in [2.24, 2.45) is 5.84 Å². The summed E-state index contributed by atoms with van der Waals surface area (Å²) in [6.45, 7) is 0.127. The fourth-order valence-electron chi connectivity index (χ4n) is 1.38. The van der Waals surface area contributed by atoms with Gasteiger partial charge in [0, 0.05) is 19.2 Å². The Labute approximate surface area is 109 Å². The summed E-state index contributed by atoms with van der Waals surface area (Å²) in [6, 6.07) is 3.09. The molecule has 0 saturated carbocycles. The van der Waals surface area contributed by atoms with E-state index >= 15 is 0 Å². The molecule has 102 valence electrons. The fourth-order valence-corrected chi connectivity index (χ4v) is 2.51. The van der Waals surface area contributed by atoms with Gasteiger partial charge in [-0.15, -0.1) is 0 Å². The molecule has 0 aliphatic rings. The molecular formula is C9H12N6O3S. The standard InChI is InChI=1S/C9H12N6O3S/c10-14-7-2-1-4-11-9(7)19(16,17)13-5-3-8-12-6-18-15-8/h1-2,4,6,13-14H,3,5,10H2. The first-order valence-corrected chi connectivity index (χ1v) is 6.78. The van der Waals surface area contributed by atoms with Crippen molar-refractivity contribution in [3.63, 3.8) is 0 Å². The van der Waals surface area contributed by atoms with Gasteiger partial charge in [-0.3, -0.25) is 5.84 Å². The van der Waals surface area contributed by atoms with E-state index in [1.807, 2.05) is 0 Å². The van der Waals surface area contributed by atoms with Crippen molar-refractivity contribution in [3.05, 3.63) is 30.5 Å². The molecule has 0 saturated heterocycles. The zero-order valence-corrected chi connectivity index (χ0v) is 10.6. The van der Waals surface area contributed by atoms with Gasteiger partial charge in [-0.05, 0) is 12.1 Å². The maximum Gasteiger partial charge on any atom is 0.260 e. The Morgan fingerprint density at radius 1 is 1.37 bits per heavy atom. The lowest BCUT2D eigenvalue weighted by atomic mass is 10.4. The summed E-state index contributed by atoms with van der Waals surface area (Å²) >= 11 is 0. The van der Waals surface area contributed by atoms with Crippen LogP contribution in [-0.4, -0.2) is 30.1 Å². The summed E-state index contributed by atoms with van der Waals surface area (Å²) in [5, 5.41) is 3.41. The Hall–Kier alpha value is -2.04. The third kappa shape index (κ3) is 3.24. The minimum Gasteiger partial charge on any atom is -0.343 e. The second-order valence-electron chi connectivity index (χ2n) is 3.50. The number of nitrogens with zero attached hydrogens (tertiary/aromatic N) is 3. The zero-order valence-electron chi connectivity index (χ0n) is 9.78. The summed E-state index contributed by atoms with van der Waals surface area (Å²) in [6.07, 6.45) is 2.86. The largest absolute Gasteiger partial charge is 0.343 e. The van der Waals surface area contributed by atoms with Crippen LogP contribution >= 0.6 is 0 Å². The number of rotatable bonds is 6. The van der Waals surface area contributed by atoms with Crippen molar-refractivity contribution in [1.82, 2.24) is 19.8 Å². The minimum absolute atomic E-state index is 0.127. The van der Waals surface area contributed by atoms with Gasteiger partial charge in [-0.2, -0.15) is 4.98 Å². The Bertz CT molecular complexity index is 627. The molecule has 4 N–H and O–H groups in total. The molecule has 0 aliphatic heterocycles. The van der Waals surface area contributed by atoms with E-state index in [1.54, 1.807) is 6.07 Å². The van der Waals surface area contributed by atoms with Gasteiger partial charge in [-0.25, -0.2) is 18.1 Å². The van der Waals surface area contributed by atoms with Crippen LogP contribution in [-0.2, 0) is 16.4 Å². The molecule has 9 nitrogen and oxygen atoms in total. The van der Waals surface area contributed by atoms with Gasteiger partial charge in [0.1, 0.15) is 0 Å². The molecule has 2 rings (SSSR count). The second kappa shape index (κ2) is 5.73. The van der Waals surface area contributed by atoms with Crippen LogP contribution in [0.4, 0.5) is 5.69 Å². The van der Waals surface area contributed by atoms with Crippen molar-refractivity contribution < 1.29 is 12.9 Å². The topological polar surface area (TPSA) is 136 Å². The SMILES string of the molecule is NNc1cccnc1S(=O)(=O)NCCc1ncon1. The van der Waals surface area contributed by atoms with E-state index in [1.165, 1.54) is 18.7 Å². The molecule has 2 aromatic rings. The molecule has 0 unspecified atom stereocenters. The van der Waals surface area contributed by atoms with E-state index < -0.39 is 10.0 Å². The maximum atomic E-state index is 12.0. The monoisotopic (exact) mass is 284 g/mol. The van der Waals surface area contributed by atoms with Crippen LogP contribution < -0.4 is 16.0 Å². The van der Waals surface area contributed by atoms with Crippen LogP contribution in [0.25, 0.3) is 0 Å². The predicted molar refractivity (Wildman–Crippen MR) is 65.2 cm³/mol. The minimum atomic E-state index is -3.75. The number of pyridine rings is 1. The highest BCUT2D eigenvalue weighted by molar-refractivity contribution is 7.89. The normalized spacial score (nSPS) is 11.4. The molecule has 0 aliphatic carbocycles. The lowest BCUT2D eigenvalue weighted by Gasteiger charge is -2.08. The number of hydrazine groups is 1. The number of nitrogens with two attached hydrogens (primary N) is 1. The van der Waals surface area contributed by atoms with Crippen LogP contribution in [0.5, 0.6) is 0 Å². The third-order valence-electron chi connectivity index (χ3n) is 2.23. The molecule has 0 atom stereocenters. The molecule has 0 fully saturated rings. The Balaban J connectivity index is 2.05. The highest BCUT2D eigenvalue weighted by Crippen LogP contribution is 2.15. The molecule has 2 heterocycles. The Kier molecular flexibility index (Phi) is 4.04. The average molecular weight is 284 g/mol. The highest BCUT2D eigenvalue weighted by atomic mass is 32.2. The molecule has 0 radical (unpaired) electrons. The van der Waals surface area contributed by atoms with Gasteiger partial charge in [0.2, 0.25) is 6.39 Å². The maximum absolute atomic E-state index is 12.0. The van der Waals surface area contributed by atoms with Crippen molar-refractivity contribution in [1.29, 1.82) is 0 Å². The lowest BCUT2D eigenvalue weighted by molar-refractivity contribution is 0.409. The summed E-state index contributed by atoms with van der Waals surface area (Å²) in [7, 11) is -3.75. The second-order valence-corrected chi connectivity index (χ2v) is 5.18. The molecule has 19 heavy (non-hydrogen) atoms. The van der Waals surface area contributed by atoms with E-state index in [4.69, 9.17) is 5.84 Å². The molecule has 10 heteroatoms. The van der Waals surface area contributed by atoms with E-state index in [0.717, 1.165) is 0 Å².